The molecule has 0 bridgehead atoms. The Hall–Kier alpha value is -2.37. The van der Waals surface area contributed by atoms with Gasteiger partial charge in [0.05, 0.1) is 17.7 Å². The highest BCUT2D eigenvalue weighted by Crippen LogP contribution is 2.11. The predicted molar refractivity (Wildman–Crippen MR) is 138 cm³/mol. The number of nitrogens with zero attached hydrogens (tertiary/aromatic N) is 1. The Kier molecular flexibility index (Phi) is 9.73. The molecule has 1 heterocycles. The molecule has 3 rings (SSSR count). The van der Waals surface area contributed by atoms with E-state index in [2.05, 4.69) is 47.7 Å². The van der Waals surface area contributed by atoms with Crippen LogP contribution in [0.1, 0.15) is 28.0 Å². The van der Waals surface area contributed by atoms with Gasteiger partial charge in [-0.1, -0.05) is 35.9 Å². The minimum Gasteiger partial charge on any atom is -0.469 e. The highest BCUT2D eigenvalue weighted by atomic mass is 127. The lowest BCUT2D eigenvalue weighted by molar-refractivity contribution is 0.506. The van der Waals surface area contributed by atoms with Crippen LogP contribution in [0.5, 0.6) is 0 Å². The molecule has 2 aromatic carbocycles. The minimum atomic E-state index is -3.70. The quantitative estimate of drug-likeness (QED) is 0.219. The minimum absolute atomic E-state index is 0. The Morgan fingerprint density at radius 2 is 1.81 bits per heavy atom. The van der Waals surface area contributed by atoms with Crippen LogP contribution in [0, 0.1) is 13.8 Å². The van der Waals surface area contributed by atoms with E-state index >= 15 is 0 Å². The summed E-state index contributed by atoms with van der Waals surface area (Å²) in [7, 11) is -3.70. The first-order chi connectivity index (χ1) is 14.8. The van der Waals surface area contributed by atoms with E-state index in [1.807, 2.05) is 12.1 Å². The maximum absolute atomic E-state index is 11.4. The molecule has 4 N–H and O–H groups in total. The van der Waals surface area contributed by atoms with Crippen molar-refractivity contribution < 1.29 is 12.8 Å². The number of rotatable bonds is 8. The zero-order chi connectivity index (χ0) is 22.3. The van der Waals surface area contributed by atoms with E-state index < -0.39 is 10.0 Å². The summed E-state index contributed by atoms with van der Waals surface area (Å²) in [5, 5.41) is 11.9. The predicted octanol–water partition coefficient (Wildman–Crippen LogP) is 3.64. The lowest BCUT2D eigenvalue weighted by atomic mass is 10.1. The Morgan fingerprint density at radius 3 is 2.44 bits per heavy atom. The van der Waals surface area contributed by atoms with Gasteiger partial charge in [-0.05, 0) is 54.8 Å². The van der Waals surface area contributed by atoms with Gasteiger partial charge in [0.2, 0.25) is 10.0 Å². The maximum atomic E-state index is 11.4. The fourth-order valence-corrected chi connectivity index (χ4v) is 3.63. The van der Waals surface area contributed by atoms with E-state index in [1.165, 1.54) is 28.8 Å². The third-order valence-corrected chi connectivity index (χ3v) is 5.79. The third kappa shape index (κ3) is 7.95. The number of primary sulfonamides is 1. The van der Waals surface area contributed by atoms with Crippen molar-refractivity contribution in [3.63, 3.8) is 0 Å². The van der Waals surface area contributed by atoms with Crippen molar-refractivity contribution in [1.82, 2.24) is 10.6 Å². The molecule has 0 spiro atoms. The number of hydrogen-bond acceptors (Lipinski definition) is 4. The summed E-state index contributed by atoms with van der Waals surface area (Å²) < 4.78 is 28.2. The fraction of sp³-hybridized carbons (Fsp3) is 0.261. The van der Waals surface area contributed by atoms with Crippen LogP contribution >= 0.6 is 24.0 Å². The van der Waals surface area contributed by atoms with Crippen LogP contribution in [0.3, 0.4) is 0 Å². The molecule has 0 saturated carbocycles. The van der Waals surface area contributed by atoms with Crippen molar-refractivity contribution >= 4 is 40.0 Å². The second-order valence-corrected chi connectivity index (χ2v) is 8.95. The van der Waals surface area contributed by atoms with Crippen LogP contribution in [-0.4, -0.2) is 20.9 Å². The molecule has 0 aliphatic carbocycles. The molecule has 0 saturated heterocycles. The van der Waals surface area contributed by atoms with Gasteiger partial charge in [0.1, 0.15) is 5.76 Å². The van der Waals surface area contributed by atoms with Crippen molar-refractivity contribution in [2.45, 2.75) is 38.3 Å². The molecule has 1 aromatic heterocycles. The number of furan rings is 1. The largest absolute Gasteiger partial charge is 0.469 e. The molecule has 32 heavy (non-hydrogen) atoms. The molecule has 172 valence electrons. The van der Waals surface area contributed by atoms with E-state index in [9.17, 15) is 8.42 Å². The number of aryl methyl sites for hydroxylation is 2. The monoisotopic (exact) mass is 568 g/mol. The summed E-state index contributed by atoms with van der Waals surface area (Å²) in [6.45, 7) is 5.88. The van der Waals surface area contributed by atoms with Gasteiger partial charge in [0.15, 0.2) is 5.96 Å². The lowest BCUT2D eigenvalue weighted by Crippen LogP contribution is -2.38. The molecule has 0 unspecified atom stereocenters. The molecule has 0 radical (unpaired) electrons. The molecule has 0 aliphatic rings. The highest BCUT2D eigenvalue weighted by Gasteiger charge is 2.07. The summed E-state index contributed by atoms with van der Waals surface area (Å²) in [6, 6.07) is 16.6. The number of sulfonamides is 1. The number of nitrogens with two attached hydrogens (primary N) is 1. The van der Waals surface area contributed by atoms with E-state index in [0.29, 0.717) is 25.6 Å². The van der Waals surface area contributed by atoms with E-state index in [4.69, 9.17) is 9.56 Å². The average Bonchev–Trinajstić information content (AvgIpc) is 3.24. The smallest absolute Gasteiger partial charge is 0.238 e. The molecule has 0 amide bonds. The molecule has 7 nitrogen and oxygen atoms in total. The second kappa shape index (κ2) is 12.0. The van der Waals surface area contributed by atoms with E-state index in [0.717, 1.165) is 17.7 Å². The third-order valence-electron chi connectivity index (χ3n) is 4.86. The van der Waals surface area contributed by atoms with Crippen LogP contribution in [0.2, 0.25) is 0 Å². The van der Waals surface area contributed by atoms with Gasteiger partial charge < -0.3 is 15.1 Å². The number of halogens is 1. The first-order valence-electron chi connectivity index (χ1n) is 10.0. The number of aliphatic imine (C=N–C) groups is 1. The highest BCUT2D eigenvalue weighted by molar-refractivity contribution is 14.0. The van der Waals surface area contributed by atoms with Crippen molar-refractivity contribution in [2.24, 2.45) is 10.1 Å². The van der Waals surface area contributed by atoms with Crippen LogP contribution in [0.15, 0.2) is 75.2 Å². The summed E-state index contributed by atoms with van der Waals surface area (Å²) in [5.74, 6) is 1.57. The van der Waals surface area contributed by atoms with Crippen molar-refractivity contribution in [3.05, 3.63) is 88.9 Å². The molecule has 3 aromatic rings. The van der Waals surface area contributed by atoms with Gasteiger partial charge in [-0.25, -0.2) is 18.5 Å². The second-order valence-electron chi connectivity index (χ2n) is 7.39. The summed E-state index contributed by atoms with van der Waals surface area (Å²) in [6.07, 6.45) is 2.40. The zero-order valence-electron chi connectivity index (χ0n) is 18.2. The normalized spacial score (nSPS) is 11.7. The summed E-state index contributed by atoms with van der Waals surface area (Å²) in [5.41, 5.74) is 4.53. The van der Waals surface area contributed by atoms with Crippen LogP contribution in [0.25, 0.3) is 0 Å². The Morgan fingerprint density at radius 1 is 1.06 bits per heavy atom. The Balaban J connectivity index is 0.00000363. The van der Waals surface area contributed by atoms with Crippen molar-refractivity contribution in [1.29, 1.82) is 0 Å². The number of hydrogen-bond donors (Lipinski definition) is 3. The van der Waals surface area contributed by atoms with Crippen LogP contribution < -0.4 is 15.8 Å². The fourth-order valence-electron chi connectivity index (χ4n) is 3.11. The Labute approximate surface area is 206 Å². The first-order valence-corrected chi connectivity index (χ1v) is 11.6. The topological polar surface area (TPSA) is 110 Å². The molecule has 0 fully saturated rings. The molecule has 0 atom stereocenters. The standard InChI is InChI=1S/C23H28N4O3S.HI/c1-17-5-8-20(18(2)14-17)16-27-23(25-12-11-21-4-3-13-30-21)26-15-19-6-9-22(10-7-19)31(24,28)29;/h3-10,13-14H,11-12,15-16H2,1-2H3,(H2,24,28,29)(H2,25,26,27);1H. The average molecular weight is 568 g/mol. The van der Waals surface area contributed by atoms with Gasteiger partial charge in [-0.3, -0.25) is 0 Å². The number of guanidine groups is 1. The van der Waals surface area contributed by atoms with Crippen LogP contribution in [-0.2, 0) is 29.5 Å². The van der Waals surface area contributed by atoms with Crippen LogP contribution in [0.4, 0.5) is 0 Å². The zero-order valence-corrected chi connectivity index (χ0v) is 21.3. The summed E-state index contributed by atoms with van der Waals surface area (Å²) in [4.78, 5) is 4.74. The Bertz CT molecular complexity index is 1130. The molecule has 9 heteroatoms. The molecular formula is C23H29IN4O3S. The number of nitrogens with one attached hydrogen (secondary N) is 2. The SMILES string of the molecule is Cc1ccc(CNC(=NCc2ccc(S(N)(=O)=O)cc2)NCCc2ccco2)c(C)c1.I. The maximum Gasteiger partial charge on any atom is 0.238 e. The van der Waals surface area contributed by atoms with Gasteiger partial charge in [-0.2, -0.15) is 0 Å². The van der Waals surface area contributed by atoms with Crippen molar-refractivity contribution in [3.8, 4) is 0 Å². The van der Waals surface area contributed by atoms with Gasteiger partial charge >= 0.3 is 0 Å². The molecular weight excluding hydrogens is 539 g/mol. The van der Waals surface area contributed by atoms with Gasteiger partial charge in [0.25, 0.3) is 0 Å². The van der Waals surface area contributed by atoms with E-state index in [1.54, 1.807) is 18.4 Å². The van der Waals surface area contributed by atoms with E-state index in [-0.39, 0.29) is 28.9 Å². The summed E-state index contributed by atoms with van der Waals surface area (Å²) >= 11 is 0. The van der Waals surface area contributed by atoms with Gasteiger partial charge in [0, 0.05) is 19.5 Å². The first kappa shape index (κ1) is 25.9. The number of benzene rings is 2. The molecule has 0 aliphatic heterocycles. The van der Waals surface area contributed by atoms with Crippen molar-refractivity contribution in [2.75, 3.05) is 6.54 Å². The van der Waals surface area contributed by atoms with Gasteiger partial charge in [-0.15, -0.1) is 24.0 Å². The lowest BCUT2D eigenvalue weighted by Gasteiger charge is -2.14.